The van der Waals surface area contributed by atoms with E-state index in [9.17, 15) is 4.79 Å². The molecule has 1 aliphatic heterocycles. The Morgan fingerprint density at radius 1 is 1.06 bits per heavy atom. The van der Waals surface area contributed by atoms with Gasteiger partial charge in [-0.15, -0.1) is 0 Å². The monoisotopic (exact) mass is 422 g/mol. The van der Waals surface area contributed by atoms with Crippen LogP contribution in [0.3, 0.4) is 0 Å². The first-order chi connectivity index (χ1) is 14.8. The first-order valence-electron chi connectivity index (χ1n) is 11.5. The summed E-state index contributed by atoms with van der Waals surface area (Å²) in [5, 5.41) is 3.28. The van der Waals surface area contributed by atoms with Crippen LogP contribution in [0.4, 0.5) is 0 Å². The Morgan fingerprint density at radius 2 is 1.71 bits per heavy atom. The number of rotatable bonds is 7. The van der Waals surface area contributed by atoms with Crippen LogP contribution in [0.15, 0.2) is 36.4 Å². The van der Waals surface area contributed by atoms with E-state index in [1.165, 1.54) is 22.3 Å². The van der Waals surface area contributed by atoms with Gasteiger partial charge in [0.1, 0.15) is 5.75 Å². The smallest absolute Gasteiger partial charge is 0.223 e. The van der Waals surface area contributed by atoms with E-state index in [0.717, 1.165) is 43.8 Å². The zero-order chi connectivity index (χ0) is 22.5. The number of carbonyl (C=O) groups excluding carboxylic acids is 1. The van der Waals surface area contributed by atoms with Gasteiger partial charge in [0.25, 0.3) is 0 Å². The Morgan fingerprint density at radius 3 is 2.29 bits per heavy atom. The van der Waals surface area contributed by atoms with E-state index >= 15 is 0 Å². The van der Waals surface area contributed by atoms with Crippen LogP contribution < -0.4 is 10.1 Å². The number of piperidine rings is 1. The van der Waals surface area contributed by atoms with Crippen molar-refractivity contribution in [2.24, 2.45) is 5.92 Å². The Bertz CT molecular complexity index is 881. The van der Waals surface area contributed by atoms with E-state index in [2.05, 4.69) is 81.2 Å². The quantitative estimate of drug-likeness (QED) is 0.638. The summed E-state index contributed by atoms with van der Waals surface area (Å²) in [6.45, 7) is 13.5. The van der Waals surface area contributed by atoms with Gasteiger partial charge in [-0.1, -0.05) is 43.7 Å². The molecule has 1 saturated heterocycles. The molecule has 0 radical (unpaired) electrons. The second kappa shape index (κ2) is 10.3. The number of hydrogen-bond acceptors (Lipinski definition) is 3. The average Bonchev–Trinajstić information content (AvgIpc) is 2.75. The first kappa shape index (κ1) is 23.3. The predicted octanol–water partition coefficient (Wildman–Crippen LogP) is 5.52. The number of benzene rings is 2. The second-order valence-corrected chi connectivity index (χ2v) is 9.37. The molecule has 0 bridgehead atoms. The summed E-state index contributed by atoms with van der Waals surface area (Å²) >= 11 is 0. The van der Waals surface area contributed by atoms with Crippen LogP contribution in [0.2, 0.25) is 0 Å². The van der Waals surface area contributed by atoms with Gasteiger partial charge in [-0.25, -0.2) is 0 Å². The van der Waals surface area contributed by atoms with Crippen molar-refractivity contribution >= 4 is 5.91 Å². The minimum absolute atomic E-state index is 0.0125. The molecular weight excluding hydrogens is 384 g/mol. The van der Waals surface area contributed by atoms with Gasteiger partial charge in [0.2, 0.25) is 5.91 Å². The molecule has 1 aliphatic rings. The average molecular weight is 423 g/mol. The molecule has 4 nitrogen and oxygen atoms in total. The highest BCUT2D eigenvalue weighted by Gasteiger charge is 2.26. The molecule has 1 fully saturated rings. The fraction of sp³-hybridized carbons (Fsp3) is 0.519. The SMILES string of the molecule is COc1cc(C)c([C@@H](C)NC(=O)C2CCN(Cc3ccc(C)cc3)CC2)cc1C(C)C. The van der Waals surface area contributed by atoms with Gasteiger partial charge >= 0.3 is 0 Å². The Hall–Kier alpha value is -2.33. The van der Waals surface area contributed by atoms with Gasteiger partial charge in [0, 0.05) is 12.5 Å². The lowest BCUT2D eigenvalue weighted by Gasteiger charge is -2.32. The first-order valence-corrected chi connectivity index (χ1v) is 11.5. The highest BCUT2D eigenvalue weighted by Crippen LogP contribution is 2.32. The third-order valence-electron chi connectivity index (χ3n) is 6.55. The molecule has 0 saturated carbocycles. The van der Waals surface area contributed by atoms with Crippen LogP contribution in [-0.2, 0) is 11.3 Å². The van der Waals surface area contributed by atoms with Crippen molar-refractivity contribution in [3.05, 3.63) is 64.2 Å². The third-order valence-corrected chi connectivity index (χ3v) is 6.55. The molecule has 1 atom stereocenters. The zero-order valence-corrected chi connectivity index (χ0v) is 20.0. The van der Waals surface area contributed by atoms with Crippen molar-refractivity contribution in [1.82, 2.24) is 10.2 Å². The molecule has 0 aromatic heterocycles. The summed E-state index contributed by atoms with van der Waals surface area (Å²) in [7, 11) is 1.72. The summed E-state index contributed by atoms with van der Waals surface area (Å²) in [6.07, 6.45) is 1.84. The number of aryl methyl sites for hydroxylation is 2. The van der Waals surface area contributed by atoms with E-state index in [1.54, 1.807) is 7.11 Å². The molecule has 2 aromatic rings. The lowest BCUT2D eigenvalue weighted by atomic mass is 9.92. The van der Waals surface area contributed by atoms with Crippen LogP contribution in [-0.4, -0.2) is 31.0 Å². The fourth-order valence-corrected chi connectivity index (χ4v) is 4.52. The summed E-state index contributed by atoms with van der Waals surface area (Å²) in [5.41, 5.74) is 6.16. The lowest BCUT2D eigenvalue weighted by molar-refractivity contribution is -0.127. The number of amides is 1. The second-order valence-electron chi connectivity index (χ2n) is 9.37. The zero-order valence-electron chi connectivity index (χ0n) is 20.0. The standard InChI is InChI=1S/C27H38N2O2/c1-18(2)24-16-25(20(4)15-26(24)31-6)21(5)28-27(30)23-11-13-29(14-12-23)17-22-9-7-19(3)8-10-22/h7-10,15-16,18,21,23H,11-14,17H2,1-6H3,(H,28,30)/t21-/m1/s1. The number of hydrogen-bond donors (Lipinski definition) is 1. The highest BCUT2D eigenvalue weighted by molar-refractivity contribution is 5.79. The van der Waals surface area contributed by atoms with Crippen molar-refractivity contribution in [1.29, 1.82) is 0 Å². The minimum Gasteiger partial charge on any atom is -0.496 e. The number of nitrogens with zero attached hydrogens (tertiary/aromatic N) is 1. The minimum atomic E-state index is -0.0125. The molecule has 1 N–H and O–H groups in total. The topological polar surface area (TPSA) is 41.6 Å². The maximum absolute atomic E-state index is 13.0. The van der Waals surface area contributed by atoms with Crippen molar-refractivity contribution in [3.8, 4) is 5.75 Å². The van der Waals surface area contributed by atoms with E-state index in [1.807, 2.05) is 0 Å². The lowest BCUT2D eigenvalue weighted by Crippen LogP contribution is -2.41. The van der Waals surface area contributed by atoms with E-state index in [-0.39, 0.29) is 17.9 Å². The maximum Gasteiger partial charge on any atom is 0.223 e. The molecule has 3 rings (SSSR count). The summed E-state index contributed by atoms with van der Waals surface area (Å²) in [6, 6.07) is 13.0. The Kier molecular flexibility index (Phi) is 7.77. The number of ether oxygens (including phenoxy) is 1. The van der Waals surface area contributed by atoms with Crippen molar-refractivity contribution in [2.75, 3.05) is 20.2 Å². The molecule has 1 heterocycles. The summed E-state index contributed by atoms with van der Waals surface area (Å²) in [4.78, 5) is 15.4. The number of carbonyl (C=O) groups is 1. The van der Waals surface area contributed by atoms with Gasteiger partial charge in [0.05, 0.1) is 13.2 Å². The highest BCUT2D eigenvalue weighted by atomic mass is 16.5. The van der Waals surface area contributed by atoms with Gasteiger partial charge in [0.15, 0.2) is 0 Å². The molecule has 4 heteroatoms. The summed E-state index contributed by atoms with van der Waals surface area (Å²) < 4.78 is 5.56. The van der Waals surface area contributed by atoms with Gasteiger partial charge < -0.3 is 10.1 Å². The van der Waals surface area contributed by atoms with Crippen LogP contribution in [0.1, 0.15) is 73.4 Å². The van der Waals surface area contributed by atoms with Crippen molar-refractivity contribution < 1.29 is 9.53 Å². The molecule has 0 aliphatic carbocycles. The molecule has 2 aromatic carbocycles. The summed E-state index contributed by atoms with van der Waals surface area (Å²) in [5.74, 6) is 1.58. The van der Waals surface area contributed by atoms with Crippen LogP contribution in [0, 0.1) is 19.8 Å². The van der Waals surface area contributed by atoms with Crippen LogP contribution in [0.5, 0.6) is 5.75 Å². The Balaban J connectivity index is 1.57. The van der Waals surface area contributed by atoms with Crippen molar-refractivity contribution in [3.63, 3.8) is 0 Å². The number of likely N-dealkylation sites (tertiary alicyclic amines) is 1. The Labute approximate surface area is 188 Å². The van der Waals surface area contributed by atoms with Crippen LogP contribution in [0.25, 0.3) is 0 Å². The predicted molar refractivity (Wildman–Crippen MR) is 128 cm³/mol. The van der Waals surface area contributed by atoms with Gasteiger partial charge in [-0.2, -0.15) is 0 Å². The molecule has 0 spiro atoms. The van der Waals surface area contributed by atoms with E-state index in [0.29, 0.717) is 5.92 Å². The molecule has 168 valence electrons. The molecular formula is C27H38N2O2. The van der Waals surface area contributed by atoms with Crippen molar-refractivity contribution in [2.45, 2.75) is 66.0 Å². The number of nitrogens with one attached hydrogen (secondary N) is 1. The normalized spacial score (nSPS) is 16.4. The number of methoxy groups -OCH3 is 1. The van der Waals surface area contributed by atoms with Crippen LogP contribution >= 0.6 is 0 Å². The van der Waals surface area contributed by atoms with E-state index < -0.39 is 0 Å². The third kappa shape index (κ3) is 5.88. The molecule has 1 amide bonds. The maximum atomic E-state index is 13.0. The van der Waals surface area contributed by atoms with Gasteiger partial charge in [-0.3, -0.25) is 9.69 Å². The molecule has 31 heavy (non-hydrogen) atoms. The largest absolute Gasteiger partial charge is 0.496 e. The van der Waals surface area contributed by atoms with Gasteiger partial charge in [-0.05, 0) is 87.0 Å². The molecule has 0 unspecified atom stereocenters. The van der Waals surface area contributed by atoms with E-state index in [4.69, 9.17) is 4.74 Å². The fourth-order valence-electron chi connectivity index (χ4n) is 4.52.